The minimum absolute atomic E-state index is 0. The van der Waals surface area contributed by atoms with Crippen LogP contribution in [0.3, 0.4) is 0 Å². The highest BCUT2D eigenvalue weighted by molar-refractivity contribution is 5.82. The van der Waals surface area contributed by atoms with Crippen molar-refractivity contribution in [2.45, 2.75) is 54.2 Å². The molecule has 1 aliphatic carbocycles. The van der Waals surface area contributed by atoms with E-state index in [0.29, 0.717) is 11.6 Å². The first kappa shape index (κ1) is 29.3. The highest BCUT2D eigenvalue weighted by Crippen LogP contribution is 2.32. The summed E-state index contributed by atoms with van der Waals surface area (Å²) in [5.74, 6) is 1.01. The van der Waals surface area contributed by atoms with Crippen LogP contribution in [-0.4, -0.2) is 33.8 Å². The van der Waals surface area contributed by atoms with Gasteiger partial charge in [-0.2, -0.15) is 5.10 Å². The van der Waals surface area contributed by atoms with Gasteiger partial charge in [0.15, 0.2) is 0 Å². The van der Waals surface area contributed by atoms with E-state index >= 15 is 0 Å². The van der Waals surface area contributed by atoms with Gasteiger partial charge in [-0.15, -0.1) is 0 Å². The molecule has 0 aliphatic heterocycles. The van der Waals surface area contributed by atoms with E-state index in [1.165, 1.54) is 12.1 Å². The van der Waals surface area contributed by atoms with Gasteiger partial charge < -0.3 is 14.8 Å². The van der Waals surface area contributed by atoms with Gasteiger partial charge in [0.25, 0.3) is 0 Å². The van der Waals surface area contributed by atoms with E-state index in [0.717, 1.165) is 35.0 Å². The summed E-state index contributed by atoms with van der Waals surface area (Å²) < 4.78 is 26.6. The summed E-state index contributed by atoms with van der Waals surface area (Å²) in [6, 6.07) is 15.3. The monoisotopic (exact) mass is 508 g/mol. The number of pyridine rings is 1. The highest BCUT2D eigenvalue weighted by atomic mass is 19.1. The van der Waals surface area contributed by atoms with E-state index in [2.05, 4.69) is 15.4 Å². The number of aromatic nitrogens is 3. The third-order valence-electron chi connectivity index (χ3n) is 5.94. The molecule has 0 spiro atoms. The van der Waals surface area contributed by atoms with Crippen LogP contribution in [0.4, 0.5) is 4.39 Å². The Morgan fingerprint density at radius 1 is 1.05 bits per heavy atom. The molecule has 0 unspecified atom stereocenters. The third-order valence-corrected chi connectivity index (χ3v) is 5.94. The summed E-state index contributed by atoms with van der Waals surface area (Å²) in [6.45, 7) is 1.93. The second-order valence-corrected chi connectivity index (χ2v) is 8.50. The minimum Gasteiger partial charge on any atom is -0.484 e. The van der Waals surface area contributed by atoms with Crippen molar-refractivity contribution in [3.05, 3.63) is 78.4 Å². The van der Waals surface area contributed by atoms with E-state index < -0.39 is 6.10 Å². The van der Waals surface area contributed by atoms with Crippen molar-refractivity contribution < 1.29 is 18.7 Å². The van der Waals surface area contributed by atoms with Crippen molar-refractivity contribution >= 4 is 16.8 Å². The molecule has 37 heavy (non-hydrogen) atoms. The molecule has 0 radical (unpaired) electrons. The summed E-state index contributed by atoms with van der Waals surface area (Å²) in [6.07, 6.45) is 4.86. The molecule has 2 atom stereocenters. The number of amides is 1. The van der Waals surface area contributed by atoms with E-state index in [4.69, 9.17) is 9.47 Å². The maximum absolute atomic E-state index is 13.3. The fourth-order valence-corrected chi connectivity index (χ4v) is 3.92. The Morgan fingerprint density at radius 2 is 1.78 bits per heavy atom. The summed E-state index contributed by atoms with van der Waals surface area (Å²) in [5.41, 5.74) is 2.46. The zero-order chi connectivity index (χ0) is 23.7. The van der Waals surface area contributed by atoms with Crippen LogP contribution < -0.4 is 14.8 Å². The molecule has 7 nitrogen and oxygen atoms in total. The quantitative estimate of drug-likeness (QED) is 0.293. The fraction of sp³-hybridized carbons (Fsp3) is 0.345. The topological polar surface area (TPSA) is 78.3 Å². The van der Waals surface area contributed by atoms with E-state index in [9.17, 15) is 9.18 Å². The van der Waals surface area contributed by atoms with Gasteiger partial charge in [0.1, 0.15) is 17.7 Å². The number of ether oxygens (including phenoxy) is 2. The zero-order valence-electron chi connectivity index (χ0n) is 18.9. The van der Waals surface area contributed by atoms with Crippen molar-refractivity contribution in [1.29, 1.82) is 0 Å². The van der Waals surface area contributed by atoms with Gasteiger partial charge in [0.05, 0.1) is 30.6 Å². The Labute approximate surface area is 218 Å². The van der Waals surface area contributed by atoms with E-state index in [1.807, 2.05) is 31.2 Å². The summed E-state index contributed by atoms with van der Waals surface area (Å²) in [5, 5.41) is 8.42. The molecular formula is C29H37FN4O3. The van der Waals surface area contributed by atoms with Crippen LogP contribution in [0.5, 0.6) is 11.6 Å². The van der Waals surface area contributed by atoms with Crippen LogP contribution in [0.25, 0.3) is 16.6 Å². The van der Waals surface area contributed by atoms with Gasteiger partial charge >= 0.3 is 0 Å². The van der Waals surface area contributed by atoms with Crippen molar-refractivity contribution in [2.24, 2.45) is 5.92 Å². The number of carbonyl (C=O) groups is 1. The van der Waals surface area contributed by atoms with Gasteiger partial charge in [-0.25, -0.2) is 14.1 Å². The lowest BCUT2D eigenvalue weighted by Gasteiger charge is -2.26. The van der Waals surface area contributed by atoms with E-state index in [-0.39, 0.29) is 46.0 Å². The van der Waals surface area contributed by atoms with Gasteiger partial charge in [-0.05, 0) is 68.3 Å². The standard InChI is InChI=1S/C26H25FN4O3.3CH4/c1-16(30-26(32)17-3-4-17)25(18-5-12-24(33-2)28-14-18)34-22-10-11-23-19(13-22)15-29-31(23)21-8-6-20(27)7-9-21;;;/h5-17,25H,3-4H2,1-2H3,(H,30,32);3*1H4/t16-,25-;;;/m1.../s1. The number of nitrogens with zero attached hydrogens (tertiary/aromatic N) is 3. The van der Waals surface area contributed by atoms with Crippen LogP contribution in [0.1, 0.15) is 53.7 Å². The predicted molar refractivity (Wildman–Crippen MR) is 146 cm³/mol. The van der Waals surface area contributed by atoms with Crippen LogP contribution in [0.15, 0.2) is 67.0 Å². The molecule has 1 saturated carbocycles. The summed E-state index contributed by atoms with van der Waals surface area (Å²) in [4.78, 5) is 16.7. The molecule has 5 rings (SSSR count). The van der Waals surface area contributed by atoms with Crippen LogP contribution in [-0.2, 0) is 4.79 Å². The number of hydrogen-bond donors (Lipinski definition) is 1. The average molecular weight is 509 g/mol. The second-order valence-electron chi connectivity index (χ2n) is 8.50. The molecule has 198 valence electrons. The normalized spacial score (nSPS) is 13.8. The van der Waals surface area contributed by atoms with Crippen molar-refractivity contribution in [3.63, 3.8) is 0 Å². The van der Waals surface area contributed by atoms with Gasteiger partial charge in [-0.3, -0.25) is 4.79 Å². The predicted octanol–water partition coefficient (Wildman–Crippen LogP) is 6.51. The molecular weight excluding hydrogens is 471 g/mol. The summed E-state index contributed by atoms with van der Waals surface area (Å²) >= 11 is 0. The first-order chi connectivity index (χ1) is 16.5. The van der Waals surface area contributed by atoms with E-state index in [1.54, 1.807) is 42.4 Å². The van der Waals surface area contributed by atoms with Crippen LogP contribution in [0.2, 0.25) is 0 Å². The molecule has 1 fully saturated rings. The number of hydrogen-bond acceptors (Lipinski definition) is 5. The SMILES string of the molecule is C.C.C.COc1ccc([C@H](Oc2ccc3c(cnn3-c3ccc(F)cc3)c2)[C@@H](C)NC(=O)C2CC2)cn1. The highest BCUT2D eigenvalue weighted by Gasteiger charge is 2.32. The van der Waals surface area contributed by atoms with Crippen LogP contribution in [0, 0.1) is 11.7 Å². The number of carbonyl (C=O) groups excluding carboxylic acids is 1. The number of fused-ring (bicyclic) bond motifs is 1. The fourth-order valence-electron chi connectivity index (χ4n) is 3.92. The van der Waals surface area contributed by atoms with Gasteiger partial charge in [0, 0.05) is 29.1 Å². The third kappa shape index (κ3) is 6.44. The van der Waals surface area contributed by atoms with Gasteiger partial charge in [-0.1, -0.05) is 22.3 Å². The molecule has 0 bridgehead atoms. The smallest absolute Gasteiger partial charge is 0.223 e. The Balaban J connectivity index is 0.00000160. The summed E-state index contributed by atoms with van der Waals surface area (Å²) in [7, 11) is 1.57. The number of benzene rings is 2. The molecule has 4 aromatic rings. The Hall–Kier alpha value is -3.94. The number of halogens is 1. The maximum Gasteiger partial charge on any atom is 0.223 e. The Bertz CT molecular complexity index is 1300. The van der Waals surface area contributed by atoms with Crippen molar-refractivity contribution in [3.8, 4) is 17.3 Å². The Kier molecular flexibility index (Phi) is 9.77. The molecule has 1 N–H and O–H groups in total. The lowest BCUT2D eigenvalue weighted by atomic mass is 10.0. The molecule has 0 saturated heterocycles. The van der Waals surface area contributed by atoms with Crippen molar-refractivity contribution in [2.75, 3.05) is 7.11 Å². The second kappa shape index (κ2) is 12.3. The number of methoxy groups -OCH3 is 1. The first-order valence-electron chi connectivity index (χ1n) is 11.2. The van der Waals surface area contributed by atoms with Gasteiger partial charge in [0.2, 0.25) is 11.8 Å². The van der Waals surface area contributed by atoms with Crippen molar-refractivity contribution in [1.82, 2.24) is 20.1 Å². The minimum atomic E-state index is -0.453. The molecule has 2 heterocycles. The maximum atomic E-state index is 13.3. The number of nitrogens with one attached hydrogen (secondary N) is 1. The first-order valence-corrected chi connectivity index (χ1v) is 11.2. The lowest BCUT2D eigenvalue weighted by molar-refractivity contribution is -0.123. The molecule has 1 aliphatic rings. The van der Waals surface area contributed by atoms with Crippen LogP contribution >= 0.6 is 0 Å². The average Bonchev–Trinajstić information content (AvgIpc) is 3.63. The number of rotatable bonds is 8. The molecule has 2 aromatic carbocycles. The molecule has 8 heteroatoms. The largest absolute Gasteiger partial charge is 0.484 e. The zero-order valence-corrected chi connectivity index (χ0v) is 18.9. The lowest BCUT2D eigenvalue weighted by Crippen LogP contribution is -2.40. The Morgan fingerprint density at radius 3 is 2.41 bits per heavy atom. The molecule has 1 amide bonds. The molecule has 2 aromatic heterocycles.